The van der Waals surface area contributed by atoms with Gasteiger partial charge < -0.3 is 14.7 Å². The molecule has 27 heavy (non-hydrogen) atoms. The molecule has 1 heterocycles. The summed E-state index contributed by atoms with van der Waals surface area (Å²) in [5.41, 5.74) is 4.51. The molecule has 1 aliphatic rings. The normalized spacial score (nSPS) is 14.3. The lowest BCUT2D eigenvalue weighted by Crippen LogP contribution is -2.22. The van der Waals surface area contributed by atoms with Crippen molar-refractivity contribution in [3.05, 3.63) is 45.8 Å². The highest BCUT2D eigenvalue weighted by Gasteiger charge is 2.37. The predicted octanol–water partition coefficient (Wildman–Crippen LogP) is 3.56. The molecule has 2 aromatic rings. The first-order valence-corrected chi connectivity index (χ1v) is 9.46. The van der Waals surface area contributed by atoms with Crippen LogP contribution in [0.2, 0.25) is 0 Å². The first-order chi connectivity index (χ1) is 12.8. The molecule has 0 radical (unpaired) electrons. The van der Waals surface area contributed by atoms with Crippen LogP contribution < -0.4 is 4.90 Å². The highest BCUT2D eigenvalue weighted by Crippen LogP contribution is 2.53. The Morgan fingerprint density at radius 2 is 2.11 bits per heavy atom. The molecule has 0 atom stereocenters. The van der Waals surface area contributed by atoms with Gasteiger partial charge in [0.25, 0.3) is 0 Å². The number of hydrogen-bond donors (Lipinski definition) is 1. The smallest absolute Gasteiger partial charge is 0.348 e. The van der Waals surface area contributed by atoms with Gasteiger partial charge in [-0.1, -0.05) is 19.9 Å². The van der Waals surface area contributed by atoms with E-state index in [-0.39, 0.29) is 17.6 Å². The Kier molecular flexibility index (Phi) is 5.09. The van der Waals surface area contributed by atoms with E-state index < -0.39 is 5.97 Å². The highest BCUT2D eigenvalue weighted by atomic mass is 32.1. The quantitative estimate of drug-likeness (QED) is 0.486. The first-order valence-electron chi connectivity index (χ1n) is 8.64. The number of aliphatic hydroxyl groups excluding tert-OH is 1. The number of anilines is 1. The molecule has 0 unspecified atom stereocenters. The van der Waals surface area contributed by atoms with Crippen LogP contribution in [0.15, 0.2) is 29.8 Å². The van der Waals surface area contributed by atoms with E-state index in [1.165, 1.54) is 28.7 Å². The molecule has 0 aliphatic heterocycles. The summed E-state index contributed by atoms with van der Waals surface area (Å²) in [6.45, 7) is 5.06. The summed E-state index contributed by atoms with van der Waals surface area (Å²) < 4.78 is 4.66. The predicted molar refractivity (Wildman–Crippen MR) is 108 cm³/mol. The number of carbonyl (C=O) groups is 1. The minimum Gasteiger partial charge on any atom is -0.465 e. The highest BCUT2D eigenvalue weighted by molar-refractivity contribution is 7.16. The molecule has 0 saturated carbocycles. The van der Waals surface area contributed by atoms with Gasteiger partial charge in [0, 0.05) is 34.4 Å². The zero-order chi connectivity index (χ0) is 19.8. The Labute approximate surface area is 163 Å². The van der Waals surface area contributed by atoms with E-state index in [4.69, 9.17) is 0 Å². The van der Waals surface area contributed by atoms with E-state index in [2.05, 4.69) is 42.8 Å². The van der Waals surface area contributed by atoms with Gasteiger partial charge in [-0.2, -0.15) is 5.26 Å². The van der Waals surface area contributed by atoms with Gasteiger partial charge in [0.2, 0.25) is 0 Å². The summed E-state index contributed by atoms with van der Waals surface area (Å²) in [7, 11) is 3.24. The second kappa shape index (κ2) is 7.18. The number of thiophene rings is 1. The molecule has 0 saturated heterocycles. The Balaban J connectivity index is 2.05. The first kappa shape index (κ1) is 19.2. The number of methoxy groups -OCH3 is 1. The van der Waals surface area contributed by atoms with Gasteiger partial charge in [0.15, 0.2) is 0 Å². The Hall–Kier alpha value is -2.62. The third-order valence-electron chi connectivity index (χ3n) is 5.03. The van der Waals surface area contributed by atoms with Crippen molar-refractivity contribution in [3.63, 3.8) is 0 Å². The van der Waals surface area contributed by atoms with E-state index in [9.17, 15) is 15.2 Å². The maximum atomic E-state index is 11.7. The van der Waals surface area contributed by atoms with Crippen molar-refractivity contribution < 1.29 is 14.6 Å². The number of nitriles is 1. The molecule has 1 N–H and O–H groups in total. The van der Waals surface area contributed by atoms with Crippen molar-refractivity contribution in [1.82, 2.24) is 0 Å². The zero-order valence-electron chi connectivity index (χ0n) is 15.9. The van der Waals surface area contributed by atoms with Gasteiger partial charge in [0.05, 0.1) is 13.7 Å². The van der Waals surface area contributed by atoms with E-state index in [1.807, 2.05) is 18.0 Å². The number of rotatable bonds is 5. The number of benzene rings is 1. The molecule has 1 aliphatic carbocycles. The summed E-state index contributed by atoms with van der Waals surface area (Å²) in [4.78, 5) is 15.7. The van der Waals surface area contributed by atoms with Crippen molar-refractivity contribution in [1.29, 1.82) is 5.26 Å². The van der Waals surface area contributed by atoms with Crippen LogP contribution in [-0.2, 0) is 14.9 Å². The summed E-state index contributed by atoms with van der Waals surface area (Å²) in [6.07, 6.45) is 1.59. The number of nitrogens with zero attached hydrogens (tertiary/aromatic N) is 2. The molecular weight excluding hydrogens is 360 g/mol. The number of ether oxygens (including phenoxy) is 1. The molecule has 0 fully saturated rings. The second-order valence-corrected chi connectivity index (χ2v) is 8.14. The maximum absolute atomic E-state index is 11.7. The molecule has 0 amide bonds. The monoisotopic (exact) mass is 382 g/mol. The molecule has 3 rings (SSSR count). The van der Waals surface area contributed by atoms with Crippen LogP contribution in [0.25, 0.3) is 16.5 Å². The summed E-state index contributed by atoms with van der Waals surface area (Å²) in [5.74, 6) is -0.623. The fraction of sp³-hybridized carbons (Fsp3) is 0.333. The van der Waals surface area contributed by atoms with Crippen molar-refractivity contribution in [2.45, 2.75) is 19.3 Å². The fourth-order valence-corrected chi connectivity index (χ4v) is 4.74. The Morgan fingerprint density at radius 3 is 2.74 bits per heavy atom. The van der Waals surface area contributed by atoms with Gasteiger partial charge >= 0.3 is 5.97 Å². The van der Waals surface area contributed by atoms with E-state index in [0.717, 1.165) is 10.6 Å². The van der Waals surface area contributed by atoms with Crippen LogP contribution in [0.4, 0.5) is 5.69 Å². The molecule has 6 heteroatoms. The van der Waals surface area contributed by atoms with Crippen LogP contribution >= 0.6 is 11.3 Å². The number of fused-ring (bicyclic) bond motifs is 3. The molecular formula is C21H22N2O3S. The Morgan fingerprint density at radius 1 is 1.37 bits per heavy atom. The lowest BCUT2D eigenvalue weighted by molar-refractivity contribution is -0.135. The molecule has 0 spiro atoms. The third kappa shape index (κ3) is 3.25. The number of likely N-dealkylation sites (N-methyl/N-ethyl adjacent to an activating group) is 1. The number of esters is 1. The van der Waals surface area contributed by atoms with E-state index in [1.54, 1.807) is 17.4 Å². The maximum Gasteiger partial charge on any atom is 0.348 e. The lowest BCUT2D eigenvalue weighted by atomic mass is 9.82. The molecule has 140 valence electrons. The van der Waals surface area contributed by atoms with E-state index >= 15 is 0 Å². The average molecular weight is 382 g/mol. The van der Waals surface area contributed by atoms with Crippen LogP contribution in [0, 0.1) is 11.3 Å². The van der Waals surface area contributed by atoms with Crippen molar-refractivity contribution in [3.8, 4) is 16.5 Å². The zero-order valence-corrected chi connectivity index (χ0v) is 16.7. The van der Waals surface area contributed by atoms with Crippen LogP contribution in [-0.4, -0.2) is 38.4 Å². The van der Waals surface area contributed by atoms with Gasteiger partial charge in [-0.15, -0.1) is 11.3 Å². The van der Waals surface area contributed by atoms with Crippen molar-refractivity contribution in [2.75, 3.05) is 32.2 Å². The lowest BCUT2D eigenvalue weighted by Gasteiger charge is -2.24. The standard InChI is InChI=1S/C21H22N2O3S/c1-21(2)17-10-14(23(3)7-8-24)5-6-16(17)19-18(21)11-15(27-19)9-13(12-22)20(25)26-4/h5-6,9-11,24H,7-8H2,1-4H3/b13-9+. The van der Waals surface area contributed by atoms with Gasteiger partial charge in [-0.25, -0.2) is 4.79 Å². The van der Waals surface area contributed by atoms with Crippen LogP contribution in [0.1, 0.15) is 29.9 Å². The summed E-state index contributed by atoms with van der Waals surface area (Å²) in [6, 6.07) is 10.3. The summed E-state index contributed by atoms with van der Waals surface area (Å²) in [5, 5.41) is 18.4. The minimum atomic E-state index is -0.623. The van der Waals surface area contributed by atoms with Gasteiger partial charge in [0.1, 0.15) is 11.6 Å². The number of aliphatic hydroxyl groups is 1. The van der Waals surface area contributed by atoms with Crippen molar-refractivity contribution >= 4 is 29.1 Å². The molecule has 1 aromatic carbocycles. The van der Waals surface area contributed by atoms with Crippen LogP contribution in [0.5, 0.6) is 0 Å². The fourth-order valence-electron chi connectivity index (χ4n) is 3.44. The third-order valence-corrected chi connectivity index (χ3v) is 6.15. The largest absolute Gasteiger partial charge is 0.465 e. The van der Waals surface area contributed by atoms with Gasteiger partial charge in [-0.05, 0) is 41.0 Å². The number of hydrogen-bond acceptors (Lipinski definition) is 6. The molecule has 1 aromatic heterocycles. The SMILES string of the molecule is COC(=O)/C(C#N)=C/c1cc2c(s1)-c1ccc(N(C)CCO)cc1C2(C)C. The summed E-state index contributed by atoms with van der Waals surface area (Å²) >= 11 is 1.57. The molecule has 0 bridgehead atoms. The van der Waals surface area contributed by atoms with Crippen LogP contribution in [0.3, 0.4) is 0 Å². The molecule has 5 nitrogen and oxygen atoms in total. The van der Waals surface area contributed by atoms with Gasteiger partial charge in [-0.3, -0.25) is 0 Å². The topological polar surface area (TPSA) is 73.6 Å². The number of carbonyl (C=O) groups excluding carboxylic acids is 1. The van der Waals surface area contributed by atoms with Crippen molar-refractivity contribution in [2.24, 2.45) is 0 Å². The van der Waals surface area contributed by atoms with E-state index in [0.29, 0.717) is 6.54 Å². The second-order valence-electron chi connectivity index (χ2n) is 7.05. The Bertz CT molecular complexity index is 966. The minimum absolute atomic E-state index is 0.00331. The average Bonchev–Trinajstić information content (AvgIpc) is 3.17.